The molecule has 19 heavy (non-hydrogen) atoms. The second kappa shape index (κ2) is 5.61. The summed E-state index contributed by atoms with van der Waals surface area (Å²) in [6.45, 7) is 1.71. The van der Waals surface area contributed by atoms with Crippen LogP contribution >= 0.6 is 0 Å². The Labute approximate surface area is 107 Å². The van der Waals surface area contributed by atoms with Crippen LogP contribution in [0.4, 0.5) is 13.2 Å². The summed E-state index contributed by atoms with van der Waals surface area (Å²) in [7, 11) is 1.01. The van der Waals surface area contributed by atoms with Crippen LogP contribution in [0.1, 0.15) is 28.4 Å². The number of hydrogen-bond acceptors (Lipinski definition) is 4. The predicted molar refractivity (Wildman–Crippen MR) is 58.6 cm³/mol. The molecule has 4 nitrogen and oxygen atoms in total. The van der Waals surface area contributed by atoms with E-state index in [9.17, 15) is 18.0 Å². The lowest BCUT2D eigenvalue weighted by Crippen LogP contribution is -2.20. The predicted octanol–water partition coefficient (Wildman–Crippen LogP) is 2.81. The Morgan fingerprint density at radius 1 is 1.42 bits per heavy atom. The number of benzene rings is 1. The van der Waals surface area contributed by atoms with Gasteiger partial charge in [0.25, 0.3) is 0 Å². The second-order valence-electron chi connectivity index (χ2n) is 3.48. The van der Waals surface area contributed by atoms with Crippen LogP contribution in [0.2, 0.25) is 0 Å². The molecule has 1 aromatic carbocycles. The summed E-state index contributed by atoms with van der Waals surface area (Å²) < 4.78 is 44.9. The Kier molecular flexibility index (Phi) is 4.38. The Morgan fingerprint density at radius 2 is 2.05 bits per heavy atom. The highest BCUT2D eigenvalue weighted by atomic mass is 19.4. The first-order valence-electron chi connectivity index (χ1n) is 5.24. The molecule has 0 unspecified atom stereocenters. The summed E-state index contributed by atoms with van der Waals surface area (Å²) in [5, 5.41) is 9.00. The minimum Gasteiger partial charge on any atom is -0.465 e. The number of nitrogens with zero attached hydrogens (tertiary/aromatic N) is 1. The average Bonchev–Trinajstić information content (AvgIpc) is 2.35. The highest BCUT2D eigenvalue weighted by molar-refractivity contribution is 5.95. The van der Waals surface area contributed by atoms with Gasteiger partial charge in [0.15, 0.2) is 0 Å². The number of nitriles is 1. The summed E-state index contributed by atoms with van der Waals surface area (Å²) in [5.74, 6) is -1.79. The van der Waals surface area contributed by atoms with Gasteiger partial charge in [-0.15, -0.1) is 13.2 Å². The van der Waals surface area contributed by atoms with Gasteiger partial charge in [-0.3, -0.25) is 0 Å². The van der Waals surface area contributed by atoms with E-state index in [0.29, 0.717) is 12.0 Å². The minimum absolute atomic E-state index is 0.170. The van der Waals surface area contributed by atoms with Crippen molar-refractivity contribution in [3.63, 3.8) is 0 Å². The molecule has 0 spiro atoms. The highest BCUT2D eigenvalue weighted by Gasteiger charge is 2.34. The molecule has 0 aromatic heterocycles. The van der Waals surface area contributed by atoms with Gasteiger partial charge in [0, 0.05) is 0 Å². The molecule has 0 bridgehead atoms. The van der Waals surface area contributed by atoms with Gasteiger partial charge in [0.2, 0.25) is 0 Å². The van der Waals surface area contributed by atoms with Gasteiger partial charge in [-0.05, 0) is 18.1 Å². The monoisotopic (exact) mass is 273 g/mol. The van der Waals surface area contributed by atoms with Crippen molar-refractivity contribution in [3.05, 3.63) is 28.8 Å². The van der Waals surface area contributed by atoms with E-state index in [2.05, 4.69) is 9.47 Å². The van der Waals surface area contributed by atoms with E-state index in [-0.39, 0.29) is 5.56 Å². The summed E-state index contributed by atoms with van der Waals surface area (Å²) in [4.78, 5) is 11.5. The molecule has 0 heterocycles. The van der Waals surface area contributed by atoms with Gasteiger partial charge < -0.3 is 9.47 Å². The van der Waals surface area contributed by atoms with Crippen LogP contribution in [0.25, 0.3) is 0 Å². The number of halogens is 3. The van der Waals surface area contributed by atoms with Gasteiger partial charge in [-0.25, -0.2) is 4.79 Å². The van der Waals surface area contributed by atoms with Crippen LogP contribution in [0.3, 0.4) is 0 Å². The third-order valence-electron chi connectivity index (χ3n) is 2.36. The molecule has 0 N–H and O–H groups in total. The molecular formula is C12H10F3NO3. The van der Waals surface area contributed by atoms with Crippen molar-refractivity contribution in [2.24, 2.45) is 0 Å². The molecule has 102 valence electrons. The molecule has 0 radical (unpaired) electrons. The van der Waals surface area contributed by atoms with Crippen molar-refractivity contribution in [2.45, 2.75) is 19.7 Å². The lowest BCUT2D eigenvalue weighted by atomic mass is 9.99. The molecule has 0 fully saturated rings. The number of ether oxygens (including phenoxy) is 2. The van der Waals surface area contributed by atoms with Crippen LogP contribution < -0.4 is 4.74 Å². The number of rotatable bonds is 3. The third kappa shape index (κ3) is 3.37. The van der Waals surface area contributed by atoms with E-state index in [1.807, 2.05) is 0 Å². The fourth-order valence-corrected chi connectivity index (χ4v) is 1.56. The van der Waals surface area contributed by atoms with Gasteiger partial charge in [-0.2, -0.15) is 5.26 Å². The van der Waals surface area contributed by atoms with Gasteiger partial charge in [-0.1, -0.05) is 13.0 Å². The van der Waals surface area contributed by atoms with Crippen LogP contribution in [0.15, 0.2) is 12.1 Å². The average molecular weight is 273 g/mol. The summed E-state index contributed by atoms with van der Waals surface area (Å²) in [5.41, 5.74) is -0.241. The first kappa shape index (κ1) is 14.8. The van der Waals surface area contributed by atoms with Crippen LogP contribution in [0.5, 0.6) is 5.75 Å². The van der Waals surface area contributed by atoms with Crippen molar-refractivity contribution < 1.29 is 27.4 Å². The van der Waals surface area contributed by atoms with Crippen molar-refractivity contribution in [1.82, 2.24) is 0 Å². The van der Waals surface area contributed by atoms with Crippen LogP contribution in [-0.2, 0) is 11.2 Å². The third-order valence-corrected chi connectivity index (χ3v) is 2.36. The van der Waals surface area contributed by atoms with Crippen molar-refractivity contribution in [1.29, 1.82) is 5.26 Å². The van der Waals surface area contributed by atoms with E-state index in [0.717, 1.165) is 13.2 Å². The standard InChI is InChI=1S/C12H10F3NO3/c1-3-7-4-5-9(19-12(13,14)15)10(8(7)6-16)11(17)18-2/h4-5H,3H2,1-2H3. The number of carbonyl (C=O) groups excluding carboxylic acids is 1. The number of methoxy groups -OCH3 is 1. The van der Waals surface area contributed by atoms with Gasteiger partial charge in [0.1, 0.15) is 17.4 Å². The molecule has 7 heteroatoms. The van der Waals surface area contributed by atoms with Crippen molar-refractivity contribution >= 4 is 5.97 Å². The number of carbonyl (C=O) groups is 1. The fraction of sp³-hybridized carbons (Fsp3) is 0.333. The maximum absolute atomic E-state index is 12.2. The van der Waals surface area contributed by atoms with Gasteiger partial charge >= 0.3 is 12.3 Å². The van der Waals surface area contributed by atoms with Crippen LogP contribution in [0, 0.1) is 11.3 Å². The second-order valence-corrected chi connectivity index (χ2v) is 3.48. The maximum atomic E-state index is 12.2. The van der Waals surface area contributed by atoms with E-state index >= 15 is 0 Å². The Bertz CT molecular complexity index is 532. The number of hydrogen-bond donors (Lipinski definition) is 0. The SMILES string of the molecule is CCc1ccc(OC(F)(F)F)c(C(=O)OC)c1C#N. The van der Waals surface area contributed by atoms with E-state index < -0.39 is 23.6 Å². The molecule has 0 amide bonds. The van der Waals surface area contributed by atoms with E-state index in [1.54, 1.807) is 13.0 Å². The van der Waals surface area contributed by atoms with E-state index in [4.69, 9.17) is 5.26 Å². The molecular weight excluding hydrogens is 263 g/mol. The molecule has 0 aliphatic carbocycles. The van der Waals surface area contributed by atoms with Crippen molar-refractivity contribution in [3.8, 4) is 11.8 Å². The lowest BCUT2D eigenvalue weighted by molar-refractivity contribution is -0.274. The highest BCUT2D eigenvalue weighted by Crippen LogP contribution is 2.31. The zero-order chi connectivity index (χ0) is 14.6. The first-order chi connectivity index (χ1) is 8.84. The summed E-state index contributed by atoms with van der Waals surface area (Å²) >= 11 is 0. The first-order valence-corrected chi connectivity index (χ1v) is 5.24. The topological polar surface area (TPSA) is 59.3 Å². The molecule has 1 aromatic rings. The normalized spacial score (nSPS) is 10.7. The molecule has 0 saturated heterocycles. The fourth-order valence-electron chi connectivity index (χ4n) is 1.56. The summed E-state index contributed by atoms with van der Waals surface area (Å²) in [6.07, 6.45) is -4.57. The Hall–Kier alpha value is -2.23. The number of alkyl halides is 3. The Morgan fingerprint density at radius 3 is 2.47 bits per heavy atom. The molecule has 1 rings (SSSR count). The zero-order valence-electron chi connectivity index (χ0n) is 10.2. The lowest BCUT2D eigenvalue weighted by Gasteiger charge is -2.14. The quantitative estimate of drug-likeness (QED) is 0.794. The van der Waals surface area contributed by atoms with E-state index in [1.165, 1.54) is 6.07 Å². The summed E-state index contributed by atoms with van der Waals surface area (Å²) in [6, 6.07) is 4.02. The molecule has 0 aliphatic heterocycles. The van der Waals surface area contributed by atoms with Crippen LogP contribution in [-0.4, -0.2) is 19.4 Å². The minimum atomic E-state index is -4.96. The number of aryl methyl sites for hydroxylation is 1. The smallest absolute Gasteiger partial charge is 0.465 e. The van der Waals surface area contributed by atoms with Crippen molar-refractivity contribution in [2.75, 3.05) is 7.11 Å². The molecule has 0 atom stereocenters. The largest absolute Gasteiger partial charge is 0.573 e. The van der Waals surface area contributed by atoms with Gasteiger partial charge in [0.05, 0.1) is 12.7 Å². The Balaban J connectivity index is 3.48. The molecule has 0 saturated carbocycles. The maximum Gasteiger partial charge on any atom is 0.573 e. The number of esters is 1. The molecule has 0 aliphatic rings. The zero-order valence-corrected chi connectivity index (χ0v) is 10.2.